The first-order valence-electron chi connectivity index (χ1n) is 4.43. The molecular formula is C10H11N3S. The normalized spacial score (nSPS) is 10.4. The molecule has 1 N–H and O–H groups in total. The van der Waals surface area contributed by atoms with Gasteiger partial charge in [0.25, 0.3) is 0 Å². The lowest BCUT2D eigenvalue weighted by atomic mass is 10.2. The molecule has 72 valence electrons. The Hall–Kier alpha value is -1.26. The zero-order valence-corrected chi connectivity index (χ0v) is 8.71. The van der Waals surface area contributed by atoms with Gasteiger partial charge in [-0.05, 0) is 18.6 Å². The maximum absolute atomic E-state index is 4.42. The average molecular weight is 205 g/mol. The number of nitrogens with one attached hydrogen (secondary N) is 1. The van der Waals surface area contributed by atoms with Crippen molar-refractivity contribution in [3.63, 3.8) is 0 Å². The molecule has 1 heterocycles. The molecule has 0 saturated heterocycles. The largest absolute Gasteiger partial charge is 0.313 e. The molecule has 0 bridgehead atoms. The Morgan fingerprint density at radius 3 is 2.79 bits per heavy atom. The maximum Gasteiger partial charge on any atom is 0.156 e. The first kappa shape index (κ1) is 9.30. The van der Waals surface area contributed by atoms with Gasteiger partial charge in [-0.25, -0.2) is 4.98 Å². The van der Waals surface area contributed by atoms with Crippen LogP contribution in [0.25, 0.3) is 10.6 Å². The molecule has 2 aromatic rings. The van der Waals surface area contributed by atoms with Crippen LogP contribution in [-0.4, -0.2) is 16.4 Å². The SMILES string of the molecule is CNCc1nsc(-c2ccccc2)n1. The van der Waals surface area contributed by atoms with Gasteiger partial charge in [-0.2, -0.15) is 4.37 Å². The van der Waals surface area contributed by atoms with Crippen LogP contribution in [0.5, 0.6) is 0 Å². The number of benzene rings is 1. The molecule has 0 fully saturated rings. The zero-order valence-electron chi connectivity index (χ0n) is 7.90. The van der Waals surface area contributed by atoms with E-state index in [1.807, 2.05) is 37.4 Å². The van der Waals surface area contributed by atoms with Crippen molar-refractivity contribution in [1.29, 1.82) is 0 Å². The first-order chi connectivity index (χ1) is 6.90. The molecule has 0 saturated carbocycles. The quantitative estimate of drug-likeness (QED) is 0.832. The van der Waals surface area contributed by atoms with E-state index in [0.29, 0.717) is 0 Å². The van der Waals surface area contributed by atoms with Crippen LogP contribution in [0.4, 0.5) is 0 Å². The smallest absolute Gasteiger partial charge is 0.156 e. The molecule has 3 nitrogen and oxygen atoms in total. The van der Waals surface area contributed by atoms with Crippen LogP contribution in [0.3, 0.4) is 0 Å². The molecule has 0 radical (unpaired) electrons. The van der Waals surface area contributed by atoms with Gasteiger partial charge in [0, 0.05) is 5.56 Å². The standard InChI is InChI=1S/C10H11N3S/c1-11-7-9-12-10(14-13-9)8-5-3-2-4-6-8/h2-6,11H,7H2,1H3. The predicted molar refractivity (Wildman–Crippen MR) is 58.1 cm³/mol. The molecular weight excluding hydrogens is 194 g/mol. The van der Waals surface area contributed by atoms with Crippen molar-refractivity contribution in [2.45, 2.75) is 6.54 Å². The maximum atomic E-state index is 4.42. The molecule has 14 heavy (non-hydrogen) atoms. The molecule has 2 rings (SSSR count). The second-order valence-corrected chi connectivity index (χ2v) is 3.66. The number of nitrogens with zero attached hydrogens (tertiary/aromatic N) is 2. The van der Waals surface area contributed by atoms with Gasteiger partial charge in [0.15, 0.2) is 5.82 Å². The van der Waals surface area contributed by atoms with Crippen LogP contribution in [0.1, 0.15) is 5.82 Å². The Morgan fingerprint density at radius 2 is 2.07 bits per heavy atom. The summed E-state index contributed by atoms with van der Waals surface area (Å²) in [6.07, 6.45) is 0. The van der Waals surface area contributed by atoms with Gasteiger partial charge in [0.1, 0.15) is 5.01 Å². The van der Waals surface area contributed by atoms with Crippen LogP contribution in [-0.2, 0) is 6.54 Å². The predicted octanol–water partition coefficient (Wildman–Crippen LogP) is 1.92. The van der Waals surface area contributed by atoms with Crippen LogP contribution in [0, 0.1) is 0 Å². The van der Waals surface area contributed by atoms with Gasteiger partial charge in [-0.1, -0.05) is 30.3 Å². The fraction of sp³-hybridized carbons (Fsp3) is 0.200. The minimum Gasteiger partial charge on any atom is -0.313 e. The Balaban J connectivity index is 2.25. The molecule has 0 atom stereocenters. The summed E-state index contributed by atoms with van der Waals surface area (Å²) < 4.78 is 4.25. The highest BCUT2D eigenvalue weighted by Gasteiger charge is 2.04. The van der Waals surface area contributed by atoms with Gasteiger partial charge in [-0.15, -0.1) is 0 Å². The Kier molecular flexibility index (Phi) is 2.86. The average Bonchev–Trinajstić information content (AvgIpc) is 2.68. The number of hydrogen-bond acceptors (Lipinski definition) is 4. The first-order valence-corrected chi connectivity index (χ1v) is 5.20. The number of aromatic nitrogens is 2. The van der Waals surface area contributed by atoms with Gasteiger partial charge >= 0.3 is 0 Å². The highest BCUT2D eigenvalue weighted by molar-refractivity contribution is 7.09. The number of rotatable bonds is 3. The topological polar surface area (TPSA) is 37.8 Å². The third-order valence-electron chi connectivity index (χ3n) is 1.82. The summed E-state index contributed by atoms with van der Waals surface area (Å²) in [4.78, 5) is 4.42. The Labute approximate surface area is 87.0 Å². The summed E-state index contributed by atoms with van der Waals surface area (Å²) in [7, 11) is 1.89. The van der Waals surface area contributed by atoms with Crippen molar-refractivity contribution < 1.29 is 0 Å². The molecule has 0 unspecified atom stereocenters. The Bertz CT molecular complexity index is 397. The summed E-state index contributed by atoms with van der Waals surface area (Å²) in [6, 6.07) is 10.1. The summed E-state index contributed by atoms with van der Waals surface area (Å²) in [5.41, 5.74) is 1.13. The summed E-state index contributed by atoms with van der Waals surface area (Å²) in [6.45, 7) is 0.726. The molecule has 0 spiro atoms. The van der Waals surface area contributed by atoms with Crippen molar-refractivity contribution in [3.05, 3.63) is 36.2 Å². The van der Waals surface area contributed by atoms with Gasteiger partial charge in [0.05, 0.1) is 6.54 Å². The summed E-state index contributed by atoms with van der Waals surface area (Å²) >= 11 is 1.44. The molecule has 0 amide bonds. The van der Waals surface area contributed by atoms with E-state index in [1.54, 1.807) is 0 Å². The van der Waals surface area contributed by atoms with Crippen molar-refractivity contribution in [2.24, 2.45) is 0 Å². The molecule has 1 aromatic heterocycles. The van der Waals surface area contributed by atoms with E-state index < -0.39 is 0 Å². The van der Waals surface area contributed by atoms with Crippen molar-refractivity contribution in [3.8, 4) is 10.6 Å². The monoisotopic (exact) mass is 205 g/mol. The van der Waals surface area contributed by atoms with Crippen molar-refractivity contribution >= 4 is 11.5 Å². The van der Waals surface area contributed by atoms with Gasteiger partial charge < -0.3 is 5.32 Å². The second kappa shape index (κ2) is 4.30. The lowest BCUT2D eigenvalue weighted by Crippen LogP contribution is -2.06. The van der Waals surface area contributed by atoms with E-state index in [1.165, 1.54) is 11.5 Å². The molecule has 0 aliphatic heterocycles. The molecule has 1 aromatic carbocycles. The summed E-state index contributed by atoms with van der Waals surface area (Å²) in [5, 5.41) is 4.01. The highest BCUT2D eigenvalue weighted by atomic mass is 32.1. The van der Waals surface area contributed by atoms with E-state index in [2.05, 4.69) is 14.7 Å². The van der Waals surface area contributed by atoms with E-state index in [0.717, 1.165) is 22.9 Å². The fourth-order valence-corrected chi connectivity index (χ4v) is 1.87. The third kappa shape index (κ3) is 1.97. The van der Waals surface area contributed by atoms with Crippen LogP contribution < -0.4 is 5.32 Å². The van der Waals surface area contributed by atoms with Gasteiger partial charge in [-0.3, -0.25) is 0 Å². The van der Waals surface area contributed by atoms with Crippen molar-refractivity contribution in [1.82, 2.24) is 14.7 Å². The lowest BCUT2D eigenvalue weighted by molar-refractivity contribution is 0.776. The van der Waals surface area contributed by atoms with E-state index in [4.69, 9.17) is 0 Å². The third-order valence-corrected chi connectivity index (χ3v) is 2.63. The molecule has 4 heteroatoms. The zero-order chi connectivity index (χ0) is 9.80. The van der Waals surface area contributed by atoms with Crippen molar-refractivity contribution in [2.75, 3.05) is 7.05 Å². The van der Waals surface area contributed by atoms with Gasteiger partial charge in [0.2, 0.25) is 0 Å². The van der Waals surface area contributed by atoms with Crippen LogP contribution in [0.2, 0.25) is 0 Å². The van der Waals surface area contributed by atoms with E-state index in [9.17, 15) is 0 Å². The number of hydrogen-bond donors (Lipinski definition) is 1. The van der Waals surface area contributed by atoms with Crippen LogP contribution >= 0.6 is 11.5 Å². The van der Waals surface area contributed by atoms with Crippen LogP contribution in [0.15, 0.2) is 30.3 Å². The fourth-order valence-electron chi connectivity index (χ4n) is 1.18. The Morgan fingerprint density at radius 1 is 1.29 bits per heavy atom. The minimum atomic E-state index is 0.726. The van der Waals surface area contributed by atoms with E-state index in [-0.39, 0.29) is 0 Å². The summed E-state index contributed by atoms with van der Waals surface area (Å²) in [5.74, 6) is 0.858. The lowest BCUT2D eigenvalue weighted by Gasteiger charge is -1.92. The molecule has 0 aliphatic rings. The van der Waals surface area contributed by atoms with E-state index >= 15 is 0 Å². The highest BCUT2D eigenvalue weighted by Crippen LogP contribution is 2.20. The second-order valence-electron chi connectivity index (χ2n) is 2.91. The minimum absolute atomic E-state index is 0.726. The molecule has 0 aliphatic carbocycles.